The molecule has 0 radical (unpaired) electrons. The molecule has 18 heavy (non-hydrogen) atoms. The molecule has 0 aliphatic rings. The van der Waals surface area contributed by atoms with Gasteiger partial charge in [-0.25, -0.2) is 0 Å². The van der Waals surface area contributed by atoms with Crippen molar-refractivity contribution in [2.45, 2.75) is 52.2 Å². The van der Waals surface area contributed by atoms with Gasteiger partial charge in [-0.1, -0.05) is 13.8 Å². The molecule has 2 nitrogen and oxygen atoms in total. The topological polar surface area (TPSA) is 15.3 Å². The van der Waals surface area contributed by atoms with Gasteiger partial charge in [0.2, 0.25) is 0 Å². The average molecular weight is 333 g/mol. The number of nitrogens with one attached hydrogen (secondary N) is 1. The maximum Gasteiger partial charge on any atom is 0.0328 e. The molecule has 1 aromatic heterocycles. The van der Waals surface area contributed by atoms with E-state index in [1.54, 1.807) is 0 Å². The lowest BCUT2D eigenvalue weighted by Gasteiger charge is -2.26. The van der Waals surface area contributed by atoms with Gasteiger partial charge in [0.15, 0.2) is 0 Å². The van der Waals surface area contributed by atoms with E-state index in [-0.39, 0.29) is 0 Å². The highest BCUT2D eigenvalue weighted by atomic mass is 79.9. The quantitative estimate of drug-likeness (QED) is 0.770. The smallest absolute Gasteiger partial charge is 0.0328 e. The molecule has 0 amide bonds. The van der Waals surface area contributed by atoms with Gasteiger partial charge in [-0.2, -0.15) is 0 Å². The first kappa shape index (κ1) is 16.2. The van der Waals surface area contributed by atoms with Gasteiger partial charge >= 0.3 is 0 Å². The van der Waals surface area contributed by atoms with Gasteiger partial charge in [-0.3, -0.25) is 4.90 Å². The SMILES string of the molecule is CCC(CC)NCC(C)N(C)Cc1cc(Br)cs1. The van der Waals surface area contributed by atoms with Crippen molar-refractivity contribution in [2.24, 2.45) is 0 Å². The van der Waals surface area contributed by atoms with Crippen molar-refractivity contribution in [3.8, 4) is 0 Å². The number of thiophene rings is 1. The van der Waals surface area contributed by atoms with Crippen molar-refractivity contribution in [3.05, 3.63) is 20.8 Å². The largest absolute Gasteiger partial charge is 0.312 e. The van der Waals surface area contributed by atoms with Crippen molar-refractivity contribution in [1.82, 2.24) is 10.2 Å². The minimum Gasteiger partial charge on any atom is -0.312 e. The molecule has 4 heteroatoms. The number of halogens is 1. The summed E-state index contributed by atoms with van der Waals surface area (Å²) < 4.78 is 1.19. The van der Waals surface area contributed by atoms with Crippen LogP contribution in [0, 0.1) is 0 Å². The maximum atomic E-state index is 3.64. The van der Waals surface area contributed by atoms with E-state index in [0.717, 1.165) is 13.1 Å². The highest BCUT2D eigenvalue weighted by Gasteiger charge is 2.12. The zero-order chi connectivity index (χ0) is 13.5. The van der Waals surface area contributed by atoms with Gasteiger partial charge in [-0.05, 0) is 48.8 Å². The summed E-state index contributed by atoms with van der Waals surface area (Å²) in [5, 5.41) is 5.79. The summed E-state index contributed by atoms with van der Waals surface area (Å²) >= 11 is 5.33. The molecule has 104 valence electrons. The molecule has 0 saturated carbocycles. The van der Waals surface area contributed by atoms with Crippen LogP contribution in [0.4, 0.5) is 0 Å². The molecule has 0 saturated heterocycles. The molecule has 1 unspecified atom stereocenters. The van der Waals surface area contributed by atoms with Gasteiger partial charge < -0.3 is 5.32 Å². The molecule has 0 spiro atoms. The zero-order valence-corrected chi connectivity index (χ0v) is 14.3. The second-order valence-corrected chi connectivity index (χ2v) is 6.83. The standard InChI is InChI=1S/C14H25BrN2S/c1-5-13(6-2)16-8-11(3)17(4)9-14-7-12(15)10-18-14/h7,10-11,13,16H,5-6,8-9H2,1-4H3. The van der Waals surface area contributed by atoms with Crippen LogP contribution in [-0.2, 0) is 6.54 Å². The van der Waals surface area contributed by atoms with Crippen LogP contribution in [0.15, 0.2) is 15.9 Å². The highest BCUT2D eigenvalue weighted by molar-refractivity contribution is 9.10. The van der Waals surface area contributed by atoms with E-state index in [9.17, 15) is 0 Å². The first-order valence-corrected chi connectivity index (χ1v) is 8.40. The lowest BCUT2D eigenvalue weighted by Crippen LogP contribution is -2.41. The first-order valence-electron chi connectivity index (χ1n) is 6.73. The van der Waals surface area contributed by atoms with Crippen LogP contribution < -0.4 is 5.32 Å². The molecule has 1 heterocycles. The van der Waals surface area contributed by atoms with Crippen LogP contribution in [0.3, 0.4) is 0 Å². The molecule has 1 N–H and O–H groups in total. The molecule has 0 fully saturated rings. The maximum absolute atomic E-state index is 3.64. The van der Waals surface area contributed by atoms with Gasteiger partial charge in [0.25, 0.3) is 0 Å². The van der Waals surface area contributed by atoms with Crippen molar-refractivity contribution in [1.29, 1.82) is 0 Å². The minimum absolute atomic E-state index is 0.562. The Morgan fingerprint density at radius 3 is 2.56 bits per heavy atom. The van der Waals surface area contributed by atoms with Gasteiger partial charge in [0.05, 0.1) is 0 Å². The Kier molecular flexibility index (Phi) is 7.46. The lowest BCUT2D eigenvalue weighted by atomic mass is 10.1. The molecule has 0 aromatic carbocycles. The van der Waals surface area contributed by atoms with Gasteiger partial charge in [-0.15, -0.1) is 11.3 Å². The fourth-order valence-corrected chi connectivity index (χ4v) is 3.42. The molecular weight excluding hydrogens is 308 g/mol. The Balaban J connectivity index is 2.34. The van der Waals surface area contributed by atoms with E-state index in [1.807, 2.05) is 11.3 Å². The molecule has 1 aromatic rings. The molecule has 0 aliphatic carbocycles. The second kappa shape index (κ2) is 8.31. The third kappa shape index (κ3) is 5.39. The average Bonchev–Trinajstić information content (AvgIpc) is 2.75. The molecule has 0 bridgehead atoms. The number of hydrogen-bond acceptors (Lipinski definition) is 3. The number of nitrogens with zero attached hydrogens (tertiary/aromatic N) is 1. The van der Waals surface area contributed by atoms with Crippen LogP contribution in [0.25, 0.3) is 0 Å². The van der Waals surface area contributed by atoms with E-state index >= 15 is 0 Å². The monoisotopic (exact) mass is 332 g/mol. The minimum atomic E-state index is 0.562. The van der Waals surface area contributed by atoms with Crippen LogP contribution in [-0.4, -0.2) is 30.6 Å². The van der Waals surface area contributed by atoms with Crippen LogP contribution in [0.1, 0.15) is 38.5 Å². The van der Waals surface area contributed by atoms with Crippen molar-refractivity contribution in [3.63, 3.8) is 0 Å². The van der Waals surface area contributed by atoms with Gasteiger partial charge in [0.1, 0.15) is 0 Å². The predicted molar refractivity (Wildman–Crippen MR) is 85.3 cm³/mol. The Bertz CT molecular complexity index is 336. The summed E-state index contributed by atoms with van der Waals surface area (Å²) in [5.74, 6) is 0. The lowest BCUT2D eigenvalue weighted by molar-refractivity contribution is 0.237. The van der Waals surface area contributed by atoms with Crippen LogP contribution in [0.5, 0.6) is 0 Å². The van der Waals surface area contributed by atoms with E-state index in [0.29, 0.717) is 12.1 Å². The summed E-state index contributed by atoms with van der Waals surface area (Å²) in [6, 6.07) is 3.44. The van der Waals surface area contributed by atoms with Crippen LogP contribution >= 0.6 is 27.3 Å². The van der Waals surface area contributed by atoms with Crippen LogP contribution in [0.2, 0.25) is 0 Å². The van der Waals surface area contributed by atoms with E-state index in [2.05, 4.69) is 65.4 Å². The first-order chi connectivity index (χ1) is 8.56. The molecule has 0 aliphatic heterocycles. The summed E-state index contributed by atoms with van der Waals surface area (Å²) in [6.07, 6.45) is 2.43. The Morgan fingerprint density at radius 1 is 1.39 bits per heavy atom. The Morgan fingerprint density at radius 2 is 2.06 bits per heavy atom. The summed E-state index contributed by atoms with van der Waals surface area (Å²) in [6.45, 7) is 8.88. The van der Waals surface area contributed by atoms with Gasteiger partial charge in [0, 0.05) is 39.9 Å². The molecular formula is C14H25BrN2S. The number of hydrogen-bond donors (Lipinski definition) is 1. The predicted octanol–water partition coefficient (Wildman–Crippen LogP) is 4.11. The normalized spacial score (nSPS) is 13.5. The fraction of sp³-hybridized carbons (Fsp3) is 0.714. The van der Waals surface area contributed by atoms with Crippen molar-refractivity contribution < 1.29 is 0 Å². The van der Waals surface area contributed by atoms with Crippen molar-refractivity contribution >= 4 is 27.3 Å². The summed E-state index contributed by atoms with van der Waals surface area (Å²) in [4.78, 5) is 3.83. The van der Waals surface area contributed by atoms with Crippen molar-refractivity contribution in [2.75, 3.05) is 13.6 Å². The zero-order valence-electron chi connectivity index (χ0n) is 11.9. The molecule has 1 atom stereocenters. The van der Waals surface area contributed by atoms with E-state index in [1.165, 1.54) is 22.2 Å². The van der Waals surface area contributed by atoms with E-state index < -0.39 is 0 Å². The fourth-order valence-electron chi connectivity index (χ4n) is 1.91. The number of likely N-dealkylation sites (N-methyl/N-ethyl adjacent to an activating group) is 1. The summed E-state index contributed by atoms with van der Waals surface area (Å²) in [7, 11) is 2.20. The summed E-state index contributed by atoms with van der Waals surface area (Å²) in [5.41, 5.74) is 0. The number of rotatable bonds is 8. The Hall–Kier alpha value is 0.1000. The Labute approximate surface area is 124 Å². The highest BCUT2D eigenvalue weighted by Crippen LogP contribution is 2.21. The third-order valence-electron chi connectivity index (χ3n) is 3.47. The molecule has 1 rings (SSSR count). The van der Waals surface area contributed by atoms with E-state index in [4.69, 9.17) is 0 Å². The third-order valence-corrected chi connectivity index (χ3v) is 5.15. The second-order valence-electron chi connectivity index (χ2n) is 4.92.